The van der Waals surface area contributed by atoms with E-state index in [4.69, 9.17) is 23.2 Å². The Balaban J connectivity index is 1.94. The standard InChI is InChI=1S/C21H24Cl2N2OS/c1-25(2)12-6-5-11-24-21(26)10-9-16-7-3-4-8-20(16)27-19-14-17(22)13-18(23)15-19/h3-4,7-10,13-15H,5-6,11-12H2,1-2H3,(H,24,26)/b10-9+. The van der Waals surface area contributed by atoms with Gasteiger partial charge >= 0.3 is 0 Å². The lowest BCUT2D eigenvalue weighted by molar-refractivity contribution is -0.116. The summed E-state index contributed by atoms with van der Waals surface area (Å²) in [6.45, 7) is 1.72. The number of halogens is 2. The van der Waals surface area contributed by atoms with Gasteiger partial charge in [0.05, 0.1) is 0 Å². The molecule has 0 saturated heterocycles. The smallest absolute Gasteiger partial charge is 0.243 e. The monoisotopic (exact) mass is 422 g/mol. The number of carbonyl (C=O) groups is 1. The summed E-state index contributed by atoms with van der Waals surface area (Å²) in [7, 11) is 4.10. The van der Waals surface area contributed by atoms with Gasteiger partial charge in [0.25, 0.3) is 0 Å². The number of hydrogen-bond acceptors (Lipinski definition) is 3. The summed E-state index contributed by atoms with van der Waals surface area (Å²) >= 11 is 13.7. The Bertz CT molecular complexity index is 773. The molecule has 2 aromatic rings. The number of amides is 1. The van der Waals surface area contributed by atoms with Crippen LogP contribution in [0, 0.1) is 0 Å². The Kier molecular flexibility index (Phi) is 9.22. The molecule has 0 atom stereocenters. The van der Waals surface area contributed by atoms with Gasteiger partial charge in [0, 0.05) is 32.5 Å². The van der Waals surface area contributed by atoms with Crippen LogP contribution in [0.1, 0.15) is 18.4 Å². The predicted molar refractivity (Wildman–Crippen MR) is 117 cm³/mol. The largest absolute Gasteiger partial charge is 0.353 e. The van der Waals surface area contributed by atoms with Gasteiger partial charge in [-0.2, -0.15) is 0 Å². The molecular weight excluding hydrogens is 399 g/mol. The molecule has 0 aliphatic rings. The van der Waals surface area contributed by atoms with Gasteiger partial charge in [0.15, 0.2) is 0 Å². The van der Waals surface area contributed by atoms with Crippen LogP contribution < -0.4 is 5.32 Å². The zero-order valence-electron chi connectivity index (χ0n) is 15.5. The molecule has 0 fully saturated rings. The first kappa shape index (κ1) is 21.8. The molecule has 0 radical (unpaired) electrons. The van der Waals surface area contributed by atoms with E-state index in [9.17, 15) is 4.79 Å². The van der Waals surface area contributed by atoms with Crippen molar-refractivity contribution in [3.8, 4) is 0 Å². The van der Waals surface area contributed by atoms with Gasteiger partial charge in [-0.1, -0.05) is 53.2 Å². The van der Waals surface area contributed by atoms with Gasteiger partial charge in [-0.3, -0.25) is 4.79 Å². The molecule has 6 heteroatoms. The molecule has 0 spiro atoms. The Labute approximate surface area is 175 Å². The van der Waals surface area contributed by atoms with Gasteiger partial charge in [-0.05, 0) is 69.4 Å². The number of nitrogens with one attached hydrogen (secondary N) is 1. The van der Waals surface area contributed by atoms with Crippen LogP contribution in [0.25, 0.3) is 6.08 Å². The molecule has 2 aromatic carbocycles. The maximum absolute atomic E-state index is 12.0. The number of carbonyl (C=O) groups excluding carboxylic acids is 1. The highest BCUT2D eigenvalue weighted by Gasteiger charge is 2.05. The van der Waals surface area contributed by atoms with Gasteiger partial charge < -0.3 is 10.2 Å². The van der Waals surface area contributed by atoms with Gasteiger partial charge in [0.1, 0.15) is 0 Å². The van der Waals surface area contributed by atoms with Crippen LogP contribution in [0.15, 0.2) is 58.3 Å². The van der Waals surface area contributed by atoms with Crippen molar-refractivity contribution in [2.24, 2.45) is 0 Å². The maximum atomic E-state index is 12.0. The number of benzene rings is 2. The quantitative estimate of drug-likeness (QED) is 0.420. The van der Waals surface area contributed by atoms with Crippen LogP contribution in [0.5, 0.6) is 0 Å². The minimum atomic E-state index is -0.0783. The molecule has 27 heavy (non-hydrogen) atoms. The number of rotatable bonds is 9. The minimum Gasteiger partial charge on any atom is -0.353 e. The summed E-state index contributed by atoms with van der Waals surface area (Å²) < 4.78 is 0. The van der Waals surface area contributed by atoms with Crippen LogP contribution in [0.2, 0.25) is 10.0 Å². The summed E-state index contributed by atoms with van der Waals surface area (Å²) in [6.07, 6.45) is 5.46. The maximum Gasteiger partial charge on any atom is 0.243 e. The Hall–Kier alpha value is -1.46. The van der Waals surface area contributed by atoms with Crippen molar-refractivity contribution < 1.29 is 4.79 Å². The first-order valence-corrected chi connectivity index (χ1v) is 10.3. The van der Waals surface area contributed by atoms with Gasteiger partial charge in [0.2, 0.25) is 5.91 Å². The van der Waals surface area contributed by atoms with E-state index < -0.39 is 0 Å². The third-order valence-corrected chi connectivity index (χ3v) is 5.23. The molecule has 0 unspecified atom stereocenters. The summed E-state index contributed by atoms with van der Waals surface area (Å²) in [5.41, 5.74) is 0.973. The highest BCUT2D eigenvalue weighted by Crippen LogP contribution is 2.34. The summed E-state index contributed by atoms with van der Waals surface area (Å²) in [5.74, 6) is -0.0783. The fourth-order valence-electron chi connectivity index (χ4n) is 2.41. The lowest BCUT2D eigenvalue weighted by Crippen LogP contribution is -2.23. The van der Waals surface area contributed by atoms with Crippen LogP contribution in [-0.4, -0.2) is 38.0 Å². The van der Waals surface area contributed by atoms with Crippen molar-refractivity contribution in [2.45, 2.75) is 22.6 Å². The van der Waals surface area contributed by atoms with E-state index in [2.05, 4.69) is 10.2 Å². The van der Waals surface area contributed by atoms with E-state index in [0.29, 0.717) is 16.6 Å². The van der Waals surface area contributed by atoms with Gasteiger partial charge in [-0.25, -0.2) is 0 Å². The molecule has 0 aromatic heterocycles. The predicted octanol–water partition coefficient (Wildman–Crippen LogP) is 5.62. The highest BCUT2D eigenvalue weighted by atomic mass is 35.5. The van der Waals surface area contributed by atoms with Crippen molar-refractivity contribution in [3.63, 3.8) is 0 Å². The second-order valence-corrected chi connectivity index (χ2v) is 8.37. The Morgan fingerprint density at radius 1 is 1.11 bits per heavy atom. The molecule has 1 amide bonds. The zero-order chi connectivity index (χ0) is 19.6. The highest BCUT2D eigenvalue weighted by molar-refractivity contribution is 7.99. The second-order valence-electron chi connectivity index (χ2n) is 6.38. The SMILES string of the molecule is CN(C)CCCCNC(=O)/C=C/c1ccccc1Sc1cc(Cl)cc(Cl)c1. The third kappa shape index (κ3) is 8.39. The fourth-order valence-corrected chi connectivity index (χ4v) is 4.10. The molecule has 0 saturated carbocycles. The first-order chi connectivity index (χ1) is 12.9. The van der Waals surface area contributed by atoms with Crippen molar-refractivity contribution in [2.75, 3.05) is 27.2 Å². The lowest BCUT2D eigenvalue weighted by atomic mass is 10.2. The van der Waals surface area contributed by atoms with E-state index in [-0.39, 0.29) is 5.91 Å². The summed E-state index contributed by atoms with van der Waals surface area (Å²) in [5, 5.41) is 4.13. The van der Waals surface area contributed by atoms with Crippen molar-refractivity contribution in [3.05, 3.63) is 64.1 Å². The zero-order valence-corrected chi connectivity index (χ0v) is 17.9. The van der Waals surface area contributed by atoms with E-state index in [1.807, 2.05) is 56.6 Å². The number of nitrogens with zero attached hydrogens (tertiary/aromatic N) is 1. The van der Waals surface area contributed by atoms with Crippen LogP contribution in [0.3, 0.4) is 0 Å². The Morgan fingerprint density at radius 2 is 1.81 bits per heavy atom. The molecule has 0 aliphatic carbocycles. The topological polar surface area (TPSA) is 32.3 Å². The number of hydrogen-bond donors (Lipinski definition) is 1. The van der Waals surface area contributed by atoms with E-state index in [1.54, 1.807) is 23.9 Å². The fraction of sp³-hybridized carbons (Fsp3) is 0.286. The van der Waals surface area contributed by atoms with E-state index in [1.165, 1.54) is 0 Å². The van der Waals surface area contributed by atoms with Gasteiger partial charge in [-0.15, -0.1) is 0 Å². The van der Waals surface area contributed by atoms with Crippen LogP contribution in [-0.2, 0) is 4.79 Å². The minimum absolute atomic E-state index is 0.0783. The third-order valence-electron chi connectivity index (χ3n) is 3.73. The summed E-state index contributed by atoms with van der Waals surface area (Å²) in [4.78, 5) is 16.2. The molecule has 144 valence electrons. The molecular formula is C21H24Cl2N2OS. The van der Waals surface area contributed by atoms with Crippen molar-refractivity contribution >= 4 is 46.9 Å². The van der Waals surface area contributed by atoms with Crippen LogP contribution >= 0.6 is 35.0 Å². The second kappa shape index (κ2) is 11.4. The lowest BCUT2D eigenvalue weighted by Gasteiger charge is -2.09. The molecule has 0 bridgehead atoms. The average Bonchev–Trinajstić information content (AvgIpc) is 2.59. The first-order valence-electron chi connectivity index (χ1n) is 8.77. The molecule has 2 rings (SSSR count). The van der Waals surface area contributed by atoms with Crippen molar-refractivity contribution in [1.29, 1.82) is 0 Å². The molecule has 3 nitrogen and oxygen atoms in total. The van der Waals surface area contributed by atoms with E-state index in [0.717, 1.165) is 34.7 Å². The normalized spacial score (nSPS) is 11.3. The summed E-state index contributed by atoms with van der Waals surface area (Å²) in [6, 6.07) is 13.4. The number of unbranched alkanes of at least 4 members (excludes halogenated alkanes) is 1. The average molecular weight is 423 g/mol. The van der Waals surface area contributed by atoms with Crippen LogP contribution in [0.4, 0.5) is 0 Å². The van der Waals surface area contributed by atoms with E-state index >= 15 is 0 Å². The molecule has 1 N–H and O–H groups in total. The molecule has 0 aliphatic heterocycles. The molecule has 0 heterocycles. The van der Waals surface area contributed by atoms with Crippen molar-refractivity contribution in [1.82, 2.24) is 10.2 Å². The Morgan fingerprint density at radius 3 is 2.52 bits per heavy atom.